The number of ether oxygens (including phenoxy) is 1. The standard InChI is InChI=1S/C16H14FNO/c1-2-12-4-3-5-15(9-12)19-11-13-6-7-16(17)14(8-13)10-18/h3-9H,2,11H2,1H3. The molecule has 0 spiro atoms. The molecule has 0 aliphatic carbocycles. The van der Waals surface area contributed by atoms with Crippen LogP contribution in [-0.4, -0.2) is 0 Å². The molecule has 2 aromatic rings. The van der Waals surface area contributed by atoms with Gasteiger partial charge < -0.3 is 4.74 Å². The molecule has 96 valence electrons. The summed E-state index contributed by atoms with van der Waals surface area (Å²) < 4.78 is 18.8. The molecule has 0 saturated heterocycles. The second-order valence-electron chi connectivity index (χ2n) is 4.22. The Hall–Kier alpha value is -2.34. The zero-order chi connectivity index (χ0) is 13.7. The molecule has 0 N–H and O–H groups in total. The van der Waals surface area contributed by atoms with Gasteiger partial charge in [0.05, 0.1) is 5.56 Å². The molecular weight excluding hydrogens is 241 g/mol. The molecule has 0 aliphatic rings. The average Bonchev–Trinajstić information content (AvgIpc) is 2.46. The van der Waals surface area contributed by atoms with Crippen LogP contribution in [0.4, 0.5) is 4.39 Å². The van der Waals surface area contributed by atoms with Crippen LogP contribution in [0, 0.1) is 17.1 Å². The predicted octanol–water partition coefficient (Wildman–Crippen LogP) is 3.84. The topological polar surface area (TPSA) is 33.0 Å². The monoisotopic (exact) mass is 255 g/mol. The van der Waals surface area contributed by atoms with Gasteiger partial charge in [0.1, 0.15) is 24.2 Å². The van der Waals surface area contributed by atoms with Gasteiger partial charge in [0.25, 0.3) is 0 Å². The highest BCUT2D eigenvalue weighted by atomic mass is 19.1. The SMILES string of the molecule is CCc1cccc(OCc2ccc(F)c(C#N)c2)c1. The third kappa shape index (κ3) is 3.32. The normalized spacial score (nSPS) is 9.95. The first kappa shape index (κ1) is 13.1. The number of aryl methyl sites for hydroxylation is 1. The number of benzene rings is 2. The van der Waals surface area contributed by atoms with Crippen LogP contribution in [0.25, 0.3) is 0 Å². The molecule has 0 unspecified atom stereocenters. The molecule has 0 bridgehead atoms. The van der Waals surface area contributed by atoms with Crippen molar-refractivity contribution in [3.05, 3.63) is 65.0 Å². The fourth-order valence-electron chi connectivity index (χ4n) is 1.77. The van der Waals surface area contributed by atoms with E-state index in [-0.39, 0.29) is 5.56 Å². The fraction of sp³-hybridized carbons (Fsp3) is 0.188. The summed E-state index contributed by atoms with van der Waals surface area (Å²) in [7, 11) is 0. The van der Waals surface area contributed by atoms with Gasteiger partial charge in [0.2, 0.25) is 0 Å². The number of nitrogens with zero attached hydrogens (tertiary/aromatic N) is 1. The number of nitriles is 1. The lowest BCUT2D eigenvalue weighted by molar-refractivity contribution is 0.305. The third-order valence-electron chi connectivity index (χ3n) is 2.86. The number of hydrogen-bond donors (Lipinski definition) is 0. The van der Waals surface area contributed by atoms with Crippen molar-refractivity contribution < 1.29 is 9.13 Å². The van der Waals surface area contributed by atoms with E-state index in [1.54, 1.807) is 6.07 Å². The van der Waals surface area contributed by atoms with E-state index < -0.39 is 5.82 Å². The Kier molecular flexibility index (Phi) is 4.15. The number of halogens is 1. The van der Waals surface area contributed by atoms with E-state index in [1.807, 2.05) is 30.3 Å². The quantitative estimate of drug-likeness (QED) is 0.831. The summed E-state index contributed by atoms with van der Waals surface area (Å²) in [5.74, 6) is 0.279. The Bertz CT molecular complexity index is 616. The Balaban J connectivity index is 2.08. The lowest BCUT2D eigenvalue weighted by atomic mass is 10.1. The minimum atomic E-state index is -0.501. The van der Waals surface area contributed by atoms with Gasteiger partial charge in [-0.1, -0.05) is 25.1 Å². The molecule has 19 heavy (non-hydrogen) atoms. The smallest absolute Gasteiger partial charge is 0.140 e. The maximum absolute atomic E-state index is 13.2. The highest BCUT2D eigenvalue weighted by molar-refractivity contribution is 5.34. The summed E-state index contributed by atoms with van der Waals surface area (Å²) in [5, 5.41) is 8.77. The summed E-state index contributed by atoms with van der Waals surface area (Å²) in [5.41, 5.74) is 2.03. The molecular formula is C16H14FNO. The summed E-state index contributed by atoms with van der Waals surface area (Å²) in [4.78, 5) is 0. The second-order valence-corrected chi connectivity index (χ2v) is 4.22. The lowest BCUT2D eigenvalue weighted by Crippen LogP contribution is -1.97. The van der Waals surface area contributed by atoms with Crippen molar-refractivity contribution in [1.29, 1.82) is 5.26 Å². The van der Waals surface area contributed by atoms with Gasteiger partial charge in [0.15, 0.2) is 0 Å². The van der Waals surface area contributed by atoms with Crippen LogP contribution in [0.2, 0.25) is 0 Å². The molecule has 0 saturated carbocycles. The summed E-state index contributed by atoms with van der Waals surface area (Å²) in [6.45, 7) is 2.40. The van der Waals surface area contributed by atoms with Gasteiger partial charge >= 0.3 is 0 Å². The molecule has 0 aliphatic heterocycles. The van der Waals surface area contributed by atoms with E-state index in [0.29, 0.717) is 6.61 Å². The lowest BCUT2D eigenvalue weighted by Gasteiger charge is -2.08. The van der Waals surface area contributed by atoms with Crippen molar-refractivity contribution in [3.8, 4) is 11.8 Å². The molecule has 3 heteroatoms. The minimum absolute atomic E-state index is 0.0448. The van der Waals surface area contributed by atoms with E-state index in [2.05, 4.69) is 6.92 Å². The van der Waals surface area contributed by atoms with Crippen molar-refractivity contribution >= 4 is 0 Å². The first-order chi connectivity index (χ1) is 9.22. The molecule has 2 aromatic carbocycles. The third-order valence-corrected chi connectivity index (χ3v) is 2.86. The molecule has 0 atom stereocenters. The van der Waals surface area contributed by atoms with Crippen LogP contribution in [0.1, 0.15) is 23.6 Å². The Labute approximate surface area is 112 Å². The van der Waals surface area contributed by atoms with Crippen LogP contribution in [0.5, 0.6) is 5.75 Å². The van der Waals surface area contributed by atoms with Crippen LogP contribution >= 0.6 is 0 Å². The Morgan fingerprint density at radius 1 is 1.16 bits per heavy atom. The molecule has 2 nitrogen and oxygen atoms in total. The maximum atomic E-state index is 13.2. The van der Waals surface area contributed by atoms with E-state index >= 15 is 0 Å². The van der Waals surface area contributed by atoms with E-state index in [0.717, 1.165) is 17.7 Å². The summed E-state index contributed by atoms with van der Waals surface area (Å²) >= 11 is 0. The highest BCUT2D eigenvalue weighted by Crippen LogP contribution is 2.16. The minimum Gasteiger partial charge on any atom is -0.489 e. The van der Waals surface area contributed by atoms with Crippen LogP contribution in [0.3, 0.4) is 0 Å². The summed E-state index contributed by atoms with van der Waals surface area (Å²) in [6.07, 6.45) is 0.951. The number of rotatable bonds is 4. The van der Waals surface area contributed by atoms with Crippen molar-refractivity contribution in [1.82, 2.24) is 0 Å². The molecule has 0 amide bonds. The maximum Gasteiger partial charge on any atom is 0.140 e. The molecule has 0 radical (unpaired) electrons. The van der Waals surface area contributed by atoms with Crippen LogP contribution in [-0.2, 0) is 13.0 Å². The van der Waals surface area contributed by atoms with Crippen LogP contribution in [0.15, 0.2) is 42.5 Å². The molecule has 0 fully saturated rings. The molecule has 0 heterocycles. The van der Waals surface area contributed by atoms with Gasteiger partial charge in [-0.25, -0.2) is 4.39 Å². The second kappa shape index (κ2) is 6.01. The molecule has 0 aromatic heterocycles. The van der Waals surface area contributed by atoms with E-state index in [4.69, 9.17) is 10.00 Å². The van der Waals surface area contributed by atoms with Gasteiger partial charge in [-0.15, -0.1) is 0 Å². The predicted molar refractivity (Wildman–Crippen MR) is 71.3 cm³/mol. The zero-order valence-electron chi connectivity index (χ0n) is 10.7. The largest absolute Gasteiger partial charge is 0.489 e. The molecule has 2 rings (SSSR count). The fourth-order valence-corrected chi connectivity index (χ4v) is 1.77. The number of hydrogen-bond acceptors (Lipinski definition) is 2. The van der Waals surface area contributed by atoms with Crippen molar-refractivity contribution in [2.24, 2.45) is 0 Å². The summed E-state index contributed by atoms with van der Waals surface area (Å²) in [6, 6.07) is 14.1. The average molecular weight is 255 g/mol. The zero-order valence-corrected chi connectivity index (χ0v) is 10.7. The van der Waals surface area contributed by atoms with Crippen molar-refractivity contribution in [2.75, 3.05) is 0 Å². The Morgan fingerprint density at radius 3 is 2.74 bits per heavy atom. The van der Waals surface area contributed by atoms with Gasteiger partial charge in [-0.05, 0) is 41.8 Å². The van der Waals surface area contributed by atoms with E-state index in [1.165, 1.54) is 17.7 Å². The van der Waals surface area contributed by atoms with Crippen molar-refractivity contribution in [2.45, 2.75) is 20.0 Å². The van der Waals surface area contributed by atoms with Gasteiger partial charge in [-0.2, -0.15) is 5.26 Å². The Morgan fingerprint density at radius 2 is 2.00 bits per heavy atom. The van der Waals surface area contributed by atoms with Gasteiger partial charge in [0, 0.05) is 0 Å². The first-order valence-corrected chi connectivity index (χ1v) is 6.13. The van der Waals surface area contributed by atoms with Gasteiger partial charge in [-0.3, -0.25) is 0 Å². The van der Waals surface area contributed by atoms with E-state index in [9.17, 15) is 4.39 Å². The first-order valence-electron chi connectivity index (χ1n) is 6.13. The van der Waals surface area contributed by atoms with Crippen LogP contribution < -0.4 is 4.74 Å². The van der Waals surface area contributed by atoms with Crippen molar-refractivity contribution in [3.63, 3.8) is 0 Å². The highest BCUT2D eigenvalue weighted by Gasteiger charge is 2.03.